The average molecular weight is 727 g/mol. The highest BCUT2D eigenvalue weighted by atomic mass is 32.2. The van der Waals surface area contributed by atoms with E-state index in [2.05, 4.69) is 16.7 Å². The standard InChI is InChI=1S/C39H39FN4O7S/c1-7-44(52(6,47)48)32-21-34-30(36(39(46)42-5)37(51-34)24-12-15-28(40)16-13-24)20-29(32)25-10-9-11-27(18-25)38(45)43-31(22-41)26-14-17-33(50-23(3)4)35(19-26)49-8-2/h9-21,23,31H,7-8H2,1-6H3,(H,42,46)(H,43,45). The predicted molar refractivity (Wildman–Crippen MR) is 197 cm³/mol. The van der Waals surface area contributed by atoms with Gasteiger partial charge in [-0.2, -0.15) is 5.26 Å². The molecule has 2 N–H and O–H groups in total. The number of sulfonamides is 1. The van der Waals surface area contributed by atoms with Crippen molar-refractivity contribution in [3.05, 3.63) is 101 Å². The quantitative estimate of drug-likeness (QED) is 0.129. The van der Waals surface area contributed by atoms with Crippen LogP contribution in [0.1, 0.15) is 60.0 Å². The maximum atomic E-state index is 13.8. The van der Waals surface area contributed by atoms with Crippen LogP contribution in [0.15, 0.2) is 83.3 Å². The Morgan fingerprint density at radius 1 is 0.962 bits per heavy atom. The molecule has 11 nitrogen and oxygen atoms in total. The molecule has 0 saturated carbocycles. The normalized spacial score (nSPS) is 11.9. The topological polar surface area (TPSA) is 151 Å². The number of rotatable bonds is 13. The summed E-state index contributed by atoms with van der Waals surface area (Å²) >= 11 is 0. The predicted octanol–water partition coefficient (Wildman–Crippen LogP) is 7.23. The number of ether oxygens (including phenoxy) is 2. The fraction of sp³-hybridized carbons (Fsp3) is 0.256. The van der Waals surface area contributed by atoms with Gasteiger partial charge in [-0.05, 0) is 93.4 Å². The van der Waals surface area contributed by atoms with Crippen molar-refractivity contribution < 1.29 is 36.3 Å². The van der Waals surface area contributed by atoms with E-state index in [9.17, 15) is 27.7 Å². The van der Waals surface area contributed by atoms with E-state index in [4.69, 9.17) is 13.9 Å². The third-order valence-corrected chi connectivity index (χ3v) is 9.38. The first-order valence-electron chi connectivity index (χ1n) is 16.6. The third kappa shape index (κ3) is 7.87. The molecule has 0 saturated heterocycles. The zero-order chi connectivity index (χ0) is 37.7. The Balaban J connectivity index is 1.61. The minimum atomic E-state index is -3.81. The summed E-state index contributed by atoms with van der Waals surface area (Å²) < 4.78 is 58.9. The van der Waals surface area contributed by atoms with E-state index in [1.54, 1.807) is 55.5 Å². The molecule has 0 bridgehead atoms. The second-order valence-electron chi connectivity index (χ2n) is 12.1. The largest absolute Gasteiger partial charge is 0.490 e. The Morgan fingerprint density at radius 2 is 1.69 bits per heavy atom. The Bertz CT molecular complexity index is 2280. The highest BCUT2D eigenvalue weighted by Gasteiger charge is 2.27. The summed E-state index contributed by atoms with van der Waals surface area (Å²) in [4.78, 5) is 27.0. The van der Waals surface area contributed by atoms with Gasteiger partial charge < -0.3 is 24.5 Å². The maximum Gasteiger partial charge on any atom is 0.255 e. The van der Waals surface area contributed by atoms with Gasteiger partial charge in [0, 0.05) is 41.7 Å². The molecule has 0 radical (unpaired) electrons. The smallest absolute Gasteiger partial charge is 0.255 e. The first-order valence-corrected chi connectivity index (χ1v) is 18.4. The molecule has 13 heteroatoms. The van der Waals surface area contributed by atoms with E-state index in [1.165, 1.54) is 41.7 Å². The van der Waals surface area contributed by atoms with E-state index in [-0.39, 0.29) is 40.8 Å². The van der Waals surface area contributed by atoms with Crippen LogP contribution in [0.25, 0.3) is 33.4 Å². The maximum absolute atomic E-state index is 13.8. The van der Waals surface area contributed by atoms with E-state index in [1.807, 2.05) is 20.8 Å². The van der Waals surface area contributed by atoms with Gasteiger partial charge in [0.1, 0.15) is 23.2 Å². The van der Waals surface area contributed by atoms with Crippen LogP contribution in [0.4, 0.5) is 10.1 Å². The van der Waals surface area contributed by atoms with Crippen LogP contribution in [-0.4, -0.2) is 52.8 Å². The van der Waals surface area contributed by atoms with E-state index >= 15 is 0 Å². The fourth-order valence-electron chi connectivity index (χ4n) is 5.86. The van der Waals surface area contributed by atoms with Crippen LogP contribution >= 0.6 is 0 Å². The lowest BCUT2D eigenvalue weighted by Gasteiger charge is -2.24. The number of hydrogen-bond donors (Lipinski definition) is 2. The summed E-state index contributed by atoms with van der Waals surface area (Å²) in [6, 6.07) is 21.3. The Morgan fingerprint density at radius 3 is 2.31 bits per heavy atom. The minimum Gasteiger partial charge on any atom is -0.490 e. The van der Waals surface area contributed by atoms with E-state index in [0.29, 0.717) is 45.7 Å². The summed E-state index contributed by atoms with van der Waals surface area (Å²) in [6.07, 6.45) is 0.976. The summed E-state index contributed by atoms with van der Waals surface area (Å²) in [5, 5.41) is 15.8. The minimum absolute atomic E-state index is 0.0694. The zero-order valence-corrected chi connectivity index (χ0v) is 30.4. The van der Waals surface area contributed by atoms with Gasteiger partial charge in [0.05, 0.1) is 36.3 Å². The van der Waals surface area contributed by atoms with Gasteiger partial charge in [-0.1, -0.05) is 18.2 Å². The Hall–Kier alpha value is -5.87. The van der Waals surface area contributed by atoms with Gasteiger partial charge in [0.15, 0.2) is 11.5 Å². The number of nitrogens with one attached hydrogen (secondary N) is 2. The number of benzene rings is 4. The Kier molecular flexibility index (Phi) is 11.2. The van der Waals surface area contributed by atoms with Gasteiger partial charge in [-0.15, -0.1) is 0 Å². The first kappa shape index (κ1) is 37.4. The highest BCUT2D eigenvalue weighted by molar-refractivity contribution is 7.92. The van der Waals surface area contributed by atoms with E-state index < -0.39 is 33.7 Å². The number of carbonyl (C=O) groups excluding carboxylic acids is 2. The van der Waals surface area contributed by atoms with Crippen molar-refractivity contribution in [1.82, 2.24) is 10.6 Å². The monoisotopic (exact) mass is 726 g/mol. The molecule has 1 unspecified atom stereocenters. The molecule has 4 aromatic carbocycles. The van der Waals surface area contributed by atoms with Gasteiger partial charge in [-0.25, -0.2) is 12.8 Å². The second kappa shape index (κ2) is 15.6. The molecular weight excluding hydrogens is 688 g/mol. The summed E-state index contributed by atoms with van der Waals surface area (Å²) in [6.45, 7) is 7.73. The van der Waals surface area contributed by atoms with E-state index in [0.717, 1.165) is 6.26 Å². The molecule has 1 aromatic heterocycles. The molecule has 5 rings (SSSR count). The first-order chi connectivity index (χ1) is 24.8. The number of halogens is 1. The molecule has 1 heterocycles. The molecule has 0 aliphatic carbocycles. The number of hydrogen-bond acceptors (Lipinski definition) is 8. The molecule has 52 heavy (non-hydrogen) atoms. The van der Waals surface area contributed by atoms with Gasteiger partial charge in [0.25, 0.3) is 11.8 Å². The van der Waals surface area contributed by atoms with Crippen molar-refractivity contribution in [3.8, 4) is 40.0 Å². The molecule has 1 atom stereocenters. The average Bonchev–Trinajstić information content (AvgIpc) is 3.49. The van der Waals surface area contributed by atoms with Crippen molar-refractivity contribution in [3.63, 3.8) is 0 Å². The van der Waals surface area contributed by atoms with Crippen molar-refractivity contribution in [1.29, 1.82) is 5.26 Å². The lowest BCUT2D eigenvalue weighted by molar-refractivity contribution is 0.0942. The van der Waals surface area contributed by atoms with Gasteiger partial charge >= 0.3 is 0 Å². The summed E-state index contributed by atoms with van der Waals surface area (Å²) in [7, 11) is -2.34. The second-order valence-corrected chi connectivity index (χ2v) is 14.0. The molecule has 0 spiro atoms. The van der Waals surface area contributed by atoms with Crippen molar-refractivity contribution in [2.24, 2.45) is 0 Å². The molecular formula is C39H39FN4O7S. The Labute approximate surface area is 302 Å². The SMILES string of the molecule is CCOc1cc(C(C#N)NC(=O)c2cccc(-c3cc4c(C(=O)NC)c(-c5ccc(F)cc5)oc4cc3N(CC)S(C)(=O)=O)c2)ccc1OC(C)C. The number of anilines is 1. The van der Waals surface area contributed by atoms with Gasteiger partial charge in [-0.3, -0.25) is 13.9 Å². The number of furan rings is 1. The van der Waals surface area contributed by atoms with Gasteiger partial charge in [0.2, 0.25) is 10.0 Å². The number of carbonyl (C=O) groups is 2. The highest BCUT2D eigenvalue weighted by Crippen LogP contribution is 2.42. The van der Waals surface area contributed by atoms with Crippen LogP contribution < -0.4 is 24.4 Å². The molecule has 270 valence electrons. The number of fused-ring (bicyclic) bond motifs is 1. The lowest BCUT2D eigenvalue weighted by Crippen LogP contribution is -2.30. The van der Waals surface area contributed by atoms with Crippen molar-refractivity contribution in [2.45, 2.75) is 39.8 Å². The molecule has 0 fully saturated rings. The summed E-state index contributed by atoms with van der Waals surface area (Å²) in [5.74, 6) is -0.364. The number of amides is 2. The third-order valence-electron chi connectivity index (χ3n) is 8.13. The van der Waals surface area contributed by atoms with Crippen molar-refractivity contribution >= 4 is 38.5 Å². The molecule has 0 aliphatic rings. The fourth-order valence-corrected chi connectivity index (χ4v) is 6.84. The molecule has 0 aliphatic heterocycles. The lowest BCUT2D eigenvalue weighted by atomic mass is 9.97. The van der Waals surface area contributed by atoms with Crippen LogP contribution in [0, 0.1) is 17.1 Å². The van der Waals surface area contributed by atoms with Crippen LogP contribution in [0.2, 0.25) is 0 Å². The number of nitrogens with zero attached hydrogens (tertiary/aromatic N) is 2. The van der Waals surface area contributed by atoms with Crippen molar-refractivity contribution in [2.75, 3.05) is 30.8 Å². The van der Waals surface area contributed by atoms with Crippen LogP contribution in [0.3, 0.4) is 0 Å². The summed E-state index contributed by atoms with van der Waals surface area (Å²) in [5.41, 5.74) is 2.62. The zero-order valence-electron chi connectivity index (χ0n) is 29.6. The van der Waals surface area contributed by atoms with Crippen LogP contribution in [0.5, 0.6) is 11.5 Å². The number of nitriles is 1. The molecule has 2 amide bonds. The molecule has 5 aromatic rings. The van der Waals surface area contributed by atoms with Crippen LogP contribution in [-0.2, 0) is 10.0 Å².